The molecule has 0 radical (unpaired) electrons. The van der Waals surface area contributed by atoms with Gasteiger partial charge in [0.15, 0.2) is 0 Å². The molecule has 0 bridgehead atoms. The number of nitrogens with zero attached hydrogens (tertiary/aromatic N) is 1. The van der Waals surface area contributed by atoms with Crippen molar-refractivity contribution in [1.29, 1.82) is 0 Å². The molecule has 1 aliphatic heterocycles. The van der Waals surface area contributed by atoms with E-state index in [9.17, 15) is 14.4 Å². The Kier molecular flexibility index (Phi) is 6.61. The van der Waals surface area contributed by atoms with E-state index < -0.39 is 18.0 Å². The van der Waals surface area contributed by atoms with Gasteiger partial charge >= 0.3 is 6.16 Å². The minimum atomic E-state index is -1.11. The zero-order valence-electron chi connectivity index (χ0n) is 12.8. The Morgan fingerprint density at radius 3 is 2.29 bits per heavy atom. The average Bonchev–Trinajstić information content (AvgIpc) is 2.84. The first kappa shape index (κ1) is 18.7. The third kappa shape index (κ3) is 4.70. The van der Waals surface area contributed by atoms with Gasteiger partial charge in [-0.25, -0.2) is 4.79 Å². The number of ether oxygens (including phenoxy) is 2. The molecule has 2 amide bonds. The summed E-state index contributed by atoms with van der Waals surface area (Å²) in [5.74, 6) is -0.448. The minimum absolute atomic E-state index is 0.0330. The summed E-state index contributed by atoms with van der Waals surface area (Å²) < 4.78 is 12.0. The van der Waals surface area contributed by atoms with Gasteiger partial charge in [-0.05, 0) is 56.0 Å². The molecule has 130 valence electrons. The second-order valence-corrected chi connectivity index (χ2v) is 6.66. The van der Waals surface area contributed by atoms with Crippen molar-refractivity contribution >= 4 is 49.8 Å². The summed E-state index contributed by atoms with van der Waals surface area (Å²) >= 11 is 6.80. The average molecular weight is 465 g/mol. The van der Waals surface area contributed by atoms with E-state index in [1.807, 2.05) is 6.92 Å². The molecule has 0 saturated carbocycles. The molecule has 0 aromatic heterocycles. The Labute approximate surface area is 155 Å². The number of amides is 2. The normalized spacial score (nSPS) is 14.0. The smallest absolute Gasteiger partial charge is 0.491 e. The van der Waals surface area contributed by atoms with E-state index >= 15 is 0 Å². The van der Waals surface area contributed by atoms with Gasteiger partial charge in [0.1, 0.15) is 12.4 Å². The molecule has 9 heteroatoms. The molecule has 0 spiro atoms. The van der Waals surface area contributed by atoms with E-state index in [0.717, 1.165) is 6.42 Å². The first-order valence-corrected chi connectivity index (χ1v) is 8.82. The molecule has 1 aromatic rings. The Morgan fingerprint density at radius 1 is 1.17 bits per heavy atom. The highest BCUT2D eigenvalue weighted by Gasteiger charge is 2.33. The van der Waals surface area contributed by atoms with Crippen molar-refractivity contribution < 1.29 is 28.7 Å². The summed E-state index contributed by atoms with van der Waals surface area (Å²) in [7, 11) is 0. The highest BCUT2D eigenvalue weighted by Crippen LogP contribution is 2.35. The molecule has 1 aliphatic rings. The fourth-order valence-electron chi connectivity index (χ4n) is 1.94. The molecular formula is C15H15Br2NO6. The lowest BCUT2D eigenvalue weighted by Crippen LogP contribution is -2.32. The zero-order valence-corrected chi connectivity index (χ0v) is 16.0. The fraction of sp³-hybridized carbons (Fsp3) is 0.400. The summed E-state index contributed by atoms with van der Waals surface area (Å²) in [5.41, 5.74) is 0.675. The second-order valence-electron chi connectivity index (χ2n) is 4.95. The summed E-state index contributed by atoms with van der Waals surface area (Å²) in [6, 6.07) is 3.49. The van der Waals surface area contributed by atoms with Gasteiger partial charge in [0.05, 0.1) is 15.6 Å². The van der Waals surface area contributed by atoms with Gasteiger partial charge < -0.3 is 9.47 Å². The van der Waals surface area contributed by atoms with Crippen molar-refractivity contribution in [1.82, 2.24) is 5.06 Å². The summed E-state index contributed by atoms with van der Waals surface area (Å²) in [5, 5.41) is 0.440. The molecule has 1 saturated heterocycles. The van der Waals surface area contributed by atoms with Crippen molar-refractivity contribution in [3.63, 3.8) is 0 Å². The quantitative estimate of drug-likeness (QED) is 0.471. The molecule has 0 aliphatic carbocycles. The highest BCUT2D eigenvalue weighted by molar-refractivity contribution is 9.11. The number of benzene rings is 1. The largest absolute Gasteiger partial charge is 0.534 e. The number of carbonyl (C=O) groups is 3. The van der Waals surface area contributed by atoms with Crippen LogP contribution in [0.5, 0.6) is 5.75 Å². The van der Waals surface area contributed by atoms with Crippen LogP contribution in [-0.2, 0) is 25.8 Å². The van der Waals surface area contributed by atoms with Crippen LogP contribution in [0.4, 0.5) is 4.79 Å². The Morgan fingerprint density at radius 2 is 1.75 bits per heavy atom. The molecule has 1 aromatic carbocycles. The van der Waals surface area contributed by atoms with Crippen molar-refractivity contribution in [2.24, 2.45) is 0 Å². The Hall–Kier alpha value is -1.61. The molecular weight excluding hydrogens is 450 g/mol. The molecule has 0 unspecified atom stereocenters. The highest BCUT2D eigenvalue weighted by atomic mass is 79.9. The van der Waals surface area contributed by atoms with Gasteiger partial charge in [-0.3, -0.25) is 14.4 Å². The summed E-state index contributed by atoms with van der Waals surface area (Å²) in [4.78, 5) is 38.9. The SMILES string of the molecule is CCCOc1c(Br)cc(COC(=O)ON2C(=O)CCC2=O)cc1Br. The maximum atomic E-state index is 11.6. The van der Waals surface area contributed by atoms with Crippen molar-refractivity contribution in [3.8, 4) is 5.75 Å². The first-order valence-electron chi connectivity index (χ1n) is 7.23. The fourth-order valence-corrected chi connectivity index (χ4v) is 3.45. The van der Waals surface area contributed by atoms with Crippen molar-refractivity contribution in [2.75, 3.05) is 6.61 Å². The molecule has 2 rings (SSSR count). The van der Waals surface area contributed by atoms with Gasteiger partial charge in [0.2, 0.25) is 0 Å². The van der Waals surface area contributed by atoms with E-state index in [4.69, 9.17) is 9.47 Å². The predicted molar refractivity (Wildman–Crippen MR) is 90.0 cm³/mol. The molecule has 24 heavy (non-hydrogen) atoms. The van der Waals surface area contributed by atoms with Crippen molar-refractivity contribution in [2.45, 2.75) is 32.8 Å². The lowest BCUT2D eigenvalue weighted by atomic mass is 10.2. The lowest BCUT2D eigenvalue weighted by Gasteiger charge is -2.14. The molecule has 7 nitrogen and oxygen atoms in total. The molecule has 1 fully saturated rings. The van der Waals surface area contributed by atoms with Crippen LogP contribution in [0.2, 0.25) is 0 Å². The van der Waals surface area contributed by atoms with Crippen LogP contribution in [0.1, 0.15) is 31.7 Å². The van der Waals surface area contributed by atoms with Gasteiger partial charge in [-0.15, -0.1) is 0 Å². The van der Waals surface area contributed by atoms with Gasteiger partial charge in [0.25, 0.3) is 11.8 Å². The van der Waals surface area contributed by atoms with E-state index in [-0.39, 0.29) is 19.4 Å². The Bertz CT molecular complexity index is 624. The summed E-state index contributed by atoms with van der Waals surface area (Å²) in [6.07, 6.45) is -0.169. The van der Waals surface area contributed by atoms with Crippen LogP contribution < -0.4 is 4.74 Å². The number of rotatable bonds is 6. The zero-order chi connectivity index (χ0) is 17.7. The maximum absolute atomic E-state index is 11.6. The molecule has 0 N–H and O–H groups in total. The van der Waals surface area contributed by atoms with Crippen LogP contribution in [-0.4, -0.2) is 29.6 Å². The third-order valence-electron chi connectivity index (χ3n) is 3.04. The van der Waals surface area contributed by atoms with Crippen LogP contribution in [0.25, 0.3) is 0 Å². The van der Waals surface area contributed by atoms with E-state index in [2.05, 4.69) is 36.7 Å². The minimum Gasteiger partial charge on any atom is -0.491 e. The third-order valence-corrected chi connectivity index (χ3v) is 4.21. The van der Waals surface area contributed by atoms with Crippen LogP contribution >= 0.6 is 31.9 Å². The van der Waals surface area contributed by atoms with E-state index in [0.29, 0.717) is 31.9 Å². The number of hydrogen-bond donors (Lipinski definition) is 0. The van der Waals surface area contributed by atoms with Crippen LogP contribution in [0.15, 0.2) is 21.1 Å². The molecule has 1 heterocycles. The monoisotopic (exact) mass is 463 g/mol. The number of halogens is 2. The summed E-state index contributed by atoms with van der Waals surface area (Å²) in [6.45, 7) is 2.50. The maximum Gasteiger partial charge on any atom is 0.534 e. The number of hydroxylamine groups is 2. The second kappa shape index (κ2) is 8.48. The number of imide groups is 1. The van der Waals surface area contributed by atoms with Gasteiger partial charge in [-0.1, -0.05) is 12.0 Å². The van der Waals surface area contributed by atoms with Gasteiger partial charge in [0, 0.05) is 12.8 Å². The van der Waals surface area contributed by atoms with Gasteiger partial charge in [-0.2, -0.15) is 0 Å². The first-order chi connectivity index (χ1) is 11.4. The number of hydrogen-bond acceptors (Lipinski definition) is 6. The van der Waals surface area contributed by atoms with E-state index in [1.54, 1.807) is 12.1 Å². The topological polar surface area (TPSA) is 82.1 Å². The predicted octanol–water partition coefficient (Wildman–Crippen LogP) is 3.72. The lowest BCUT2D eigenvalue weighted by molar-refractivity contribution is -0.177. The number of carbonyl (C=O) groups excluding carboxylic acids is 3. The molecule has 0 atom stereocenters. The van der Waals surface area contributed by atoms with E-state index in [1.165, 1.54) is 0 Å². The van der Waals surface area contributed by atoms with Crippen molar-refractivity contribution in [3.05, 3.63) is 26.6 Å². The van der Waals surface area contributed by atoms with Crippen LogP contribution in [0.3, 0.4) is 0 Å². The standard InChI is InChI=1S/C15H15Br2NO6/c1-2-5-22-14-10(16)6-9(7-11(14)17)8-23-15(21)24-18-12(19)3-4-13(18)20/h6-7H,2-5,8H2,1H3. The van der Waals surface area contributed by atoms with Crippen LogP contribution in [0, 0.1) is 0 Å². The Balaban J connectivity index is 1.93.